The number of aryl methyl sites for hydroxylation is 1. The number of thiocarbonyl (C=S) groups is 1. The van der Waals surface area contributed by atoms with Crippen molar-refractivity contribution in [3.8, 4) is 0 Å². The van der Waals surface area contributed by atoms with E-state index in [-0.39, 0.29) is 22.5 Å². The fraction of sp³-hybridized carbons (Fsp3) is 0.400. The molecule has 6 nitrogen and oxygen atoms in total. The van der Waals surface area contributed by atoms with Gasteiger partial charge in [-0.25, -0.2) is 0 Å². The van der Waals surface area contributed by atoms with Gasteiger partial charge in [0.15, 0.2) is 5.11 Å². The van der Waals surface area contributed by atoms with Crippen LogP contribution in [0.2, 0.25) is 0 Å². The number of primary amides is 1. The first-order chi connectivity index (χ1) is 12.7. The largest absolute Gasteiger partial charge is 0.369 e. The van der Waals surface area contributed by atoms with Gasteiger partial charge in [0, 0.05) is 20.0 Å². The van der Waals surface area contributed by atoms with Gasteiger partial charge in [-0.15, -0.1) is 0 Å². The van der Waals surface area contributed by atoms with Crippen LogP contribution in [0, 0.1) is 5.92 Å². The SMILES string of the molecule is CCCc1cc(C=C2C(=O)N(C)C(=S)N(C)C2=O)ccc1CC(C)C(N)=O. The molecular weight excluding hydrogens is 362 g/mol. The minimum Gasteiger partial charge on any atom is -0.369 e. The van der Waals surface area contributed by atoms with Crippen molar-refractivity contribution in [1.82, 2.24) is 9.80 Å². The predicted octanol–water partition coefficient (Wildman–Crippen LogP) is 1.90. The third kappa shape index (κ3) is 4.42. The maximum Gasteiger partial charge on any atom is 0.265 e. The van der Waals surface area contributed by atoms with E-state index in [2.05, 4.69) is 6.92 Å². The Morgan fingerprint density at radius 2 is 1.78 bits per heavy atom. The van der Waals surface area contributed by atoms with Gasteiger partial charge in [0.2, 0.25) is 5.91 Å². The minimum absolute atomic E-state index is 0.0781. The number of carbonyl (C=O) groups excluding carboxylic acids is 3. The van der Waals surface area contributed by atoms with Crippen LogP contribution in [-0.2, 0) is 27.2 Å². The van der Waals surface area contributed by atoms with Gasteiger partial charge in [-0.1, -0.05) is 38.5 Å². The van der Waals surface area contributed by atoms with E-state index in [1.807, 2.05) is 25.1 Å². The second-order valence-corrected chi connectivity index (χ2v) is 7.22. The molecule has 1 heterocycles. The Bertz CT molecular complexity index is 806. The number of carbonyl (C=O) groups is 3. The average molecular weight is 388 g/mol. The summed E-state index contributed by atoms with van der Waals surface area (Å²) in [7, 11) is 3.11. The zero-order valence-corrected chi connectivity index (χ0v) is 16.9. The first kappa shape index (κ1) is 20.8. The van der Waals surface area contributed by atoms with Gasteiger partial charge in [0.05, 0.1) is 0 Å². The molecule has 0 saturated carbocycles. The molecule has 1 unspecified atom stereocenters. The molecule has 144 valence electrons. The van der Waals surface area contributed by atoms with E-state index in [0.29, 0.717) is 6.42 Å². The lowest BCUT2D eigenvalue weighted by molar-refractivity contribution is -0.132. The first-order valence-corrected chi connectivity index (χ1v) is 9.31. The van der Waals surface area contributed by atoms with Crippen LogP contribution >= 0.6 is 12.2 Å². The Labute approximate surface area is 165 Å². The number of nitrogens with zero attached hydrogens (tertiary/aromatic N) is 2. The summed E-state index contributed by atoms with van der Waals surface area (Å²) in [6.45, 7) is 3.88. The summed E-state index contributed by atoms with van der Waals surface area (Å²) in [4.78, 5) is 38.9. The number of hydrogen-bond acceptors (Lipinski definition) is 4. The van der Waals surface area contributed by atoms with Gasteiger partial charge < -0.3 is 5.73 Å². The summed E-state index contributed by atoms with van der Waals surface area (Å²) in [6, 6.07) is 5.75. The molecule has 0 aliphatic carbocycles. The molecule has 7 heteroatoms. The van der Waals surface area contributed by atoms with Crippen LogP contribution in [0.25, 0.3) is 6.08 Å². The summed E-state index contributed by atoms with van der Waals surface area (Å²) in [5, 5.41) is 0.185. The van der Waals surface area contributed by atoms with Crippen molar-refractivity contribution < 1.29 is 14.4 Å². The molecule has 1 aromatic carbocycles. The summed E-state index contributed by atoms with van der Waals surface area (Å²) < 4.78 is 0. The maximum absolute atomic E-state index is 12.5. The Balaban J connectivity index is 2.41. The van der Waals surface area contributed by atoms with Crippen LogP contribution in [0.4, 0.5) is 0 Å². The summed E-state index contributed by atoms with van der Waals surface area (Å²) in [6.07, 6.45) is 3.94. The number of hydrogen-bond donors (Lipinski definition) is 1. The van der Waals surface area contributed by atoms with Gasteiger partial charge in [-0.05, 0) is 47.8 Å². The van der Waals surface area contributed by atoms with E-state index in [1.54, 1.807) is 20.2 Å². The van der Waals surface area contributed by atoms with Crippen molar-refractivity contribution in [2.45, 2.75) is 33.1 Å². The molecule has 0 radical (unpaired) electrons. The minimum atomic E-state index is -0.411. The smallest absolute Gasteiger partial charge is 0.265 e. The molecule has 3 amide bonds. The van der Waals surface area contributed by atoms with Gasteiger partial charge >= 0.3 is 0 Å². The molecule has 1 fully saturated rings. The fourth-order valence-corrected chi connectivity index (χ4v) is 3.17. The molecule has 1 aliphatic heterocycles. The lowest BCUT2D eigenvalue weighted by Gasteiger charge is -2.31. The number of amides is 3. The van der Waals surface area contributed by atoms with Gasteiger partial charge in [-0.3, -0.25) is 24.2 Å². The zero-order valence-electron chi connectivity index (χ0n) is 16.1. The Morgan fingerprint density at radius 1 is 1.19 bits per heavy atom. The highest BCUT2D eigenvalue weighted by atomic mass is 32.1. The maximum atomic E-state index is 12.5. The Hall–Kier alpha value is -2.54. The lowest BCUT2D eigenvalue weighted by Crippen LogP contribution is -2.52. The first-order valence-electron chi connectivity index (χ1n) is 8.90. The molecule has 0 bridgehead atoms. The van der Waals surface area contributed by atoms with E-state index in [0.717, 1.165) is 29.5 Å². The average Bonchev–Trinajstić information content (AvgIpc) is 2.64. The van der Waals surface area contributed by atoms with Crippen LogP contribution < -0.4 is 5.73 Å². The topological polar surface area (TPSA) is 83.7 Å². The van der Waals surface area contributed by atoms with E-state index in [9.17, 15) is 14.4 Å². The summed E-state index contributed by atoms with van der Waals surface area (Å²) >= 11 is 5.10. The molecule has 1 atom stereocenters. The molecule has 1 saturated heterocycles. The molecule has 0 spiro atoms. The number of rotatable bonds is 6. The van der Waals surface area contributed by atoms with Crippen molar-refractivity contribution in [1.29, 1.82) is 0 Å². The van der Waals surface area contributed by atoms with Crippen LogP contribution in [0.15, 0.2) is 23.8 Å². The second kappa shape index (κ2) is 8.43. The van der Waals surface area contributed by atoms with E-state index in [1.165, 1.54) is 9.80 Å². The third-order valence-corrected chi connectivity index (χ3v) is 5.26. The number of nitrogens with two attached hydrogens (primary N) is 1. The molecule has 1 aliphatic rings. The molecule has 1 aromatic rings. The fourth-order valence-electron chi connectivity index (χ4n) is 3.01. The van der Waals surface area contributed by atoms with Crippen molar-refractivity contribution in [2.24, 2.45) is 11.7 Å². The lowest BCUT2D eigenvalue weighted by atomic mass is 9.92. The normalized spacial score (nSPS) is 16.0. The van der Waals surface area contributed by atoms with Crippen molar-refractivity contribution in [3.63, 3.8) is 0 Å². The predicted molar refractivity (Wildman–Crippen MR) is 109 cm³/mol. The number of benzene rings is 1. The molecule has 2 rings (SSSR count). The molecule has 27 heavy (non-hydrogen) atoms. The van der Waals surface area contributed by atoms with Crippen molar-refractivity contribution >= 4 is 41.1 Å². The Morgan fingerprint density at radius 3 is 2.30 bits per heavy atom. The molecule has 2 N–H and O–H groups in total. The van der Waals surface area contributed by atoms with Gasteiger partial charge in [-0.2, -0.15) is 0 Å². The standard InChI is InChI=1S/C20H25N3O3S/c1-5-6-14-10-13(7-8-15(14)9-12(2)17(21)24)11-16-18(25)22(3)20(27)23(4)19(16)26/h7-8,10-12H,5-6,9H2,1-4H3,(H2,21,24). The van der Waals surface area contributed by atoms with E-state index < -0.39 is 11.8 Å². The van der Waals surface area contributed by atoms with Crippen LogP contribution in [0.5, 0.6) is 0 Å². The van der Waals surface area contributed by atoms with E-state index >= 15 is 0 Å². The molecule has 0 aromatic heterocycles. The number of likely N-dealkylation sites (N-methyl/N-ethyl adjacent to an activating group) is 2. The zero-order chi connectivity index (χ0) is 20.3. The van der Waals surface area contributed by atoms with Gasteiger partial charge in [0.1, 0.15) is 5.57 Å². The quantitative estimate of drug-likeness (QED) is 0.459. The van der Waals surface area contributed by atoms with Crippen molar-refractivity contribution in [2.75, 3.05) is 14.1 Å². The van der Waals surface area contributed by atoms with Crippen LogP contribution in [0.3, 0.4) is 0 Å². The van der Waals surface area contributed by atoms with Gasteiger partial charge in [0.25, 0.3) is 11.8 Å². The highest BCUT2D eigenvalue weighted by molar-refractivity contribution is 7.80. The summed E-state index contributed by atoms with van der Waals surface area (Å²) in [5.74, 6) is -1.41. The third-order valence-electron chi connectivity index (χ3n) is 4.72. The monoisotopic (exact) mass is 387 g/mol. The Kier molecular flexibility index (Phi) is 6.49. The highest BCUT2D eigenvalue weighted by Crippen LogP contribution is 2.22. The van der Waals surface area contributed by atoms with Crippen LogP contribution in [-0.4, -0.2) is 46.7 Å². The van der Waals surface area contributed by atoms with E-state index in [4.69, 9.17) is 18.0 Å². The second-order valence-electron chi connectivity index (χ2n) is 6.85. The van der Waals surface area contributed by atoms with Crippen molar-refractivity contribution in [3.05, 3.63) is 40.5 Å². The molecular formula is C20H25N3O3S. The highest BCUT2D eigenvalue weighted by Gasteiger charge is 2.35. The summed E-state index contributed by atoms with van der Waals surface area (Å²) in [5.41, 5.74) is 8.38. The van der Waals surface area contributed by atoms with Crippen LogP contribution in [0.1, 0.15) is 37.0 Å².